The molecular formula is C12H16ClF2IN2O. The highest BCUT2D eigenvalue weighted by Gasteiger charge is 2.24. The summed E-state index contributed by atoms with van der Waals surface area (Å²) in [6, 6.07) is 2.69. The van der Waals surface area contributed by atoms with Crippen molar-refractivity contribution in [2.75, 3.05) is 19.6 Å². The van der Waals surface area contributed by atoms with E-state index < -0.39 is 11.6 Å². The second-order valence-electron chi connectivity index (χ2n) is 4.44. The molecule has 1 aromatic carbocycles. The largest absolute Gasteiger partial charge is 0.391 e. The van der Waals surface area contributed by atoms with Crippen LogP contribution in [0.1, 0.15) is 5.56 Å². The first kappa shape index (κ1) is 17.0. The van der Waals surface area contributed by atoms with Gasteiger partial charge in [0.25, 0.3) is 0 Å². The molecular weight excluding hydrogens is 388 g/mol. The molecule has 7 heteroatoms. The van der Waals surface area contributed by atoms with Crippen molar-refractivity contribution in [2.24, 2.45) is 5.92 Å². The zero-order valence-electron chi connectivity index (χ0n) is 10.1. The lowest BCUT2D eigenvalue weighted by molar-refractivity contribution is 0.146. The molecule has 19 heavy (non-hydrogen) atoms. The van der Waals surface area contributed by atoms with Gasteiger partial charge in [0.1, 0.15) is 11.6 Å². The molecule has 0 aromatic heterocycles. The molecule has 3 N–H and O–H groups in total. The molecule has 108 valence electrons. The molecule has 1 heterocycles. The summed E-state index contributed by atoms with van der Waals surface area (Å²) in [5.41, 5.74) is 0.0577. The molecule has 2 unspecified atom stereocenters. The predicted molar refractivity (Wildman–Crippen MR) is 80.4 cm³/mol. The fourth-order valence-electron chi connectivity index (χ4n) is 2.04. The van der Waals surface area contributed by atoms with Gasteiger partial charge in [0.2, 0.25) is 0 Å². The van der Waals surface area contributed by atoms with Crippen LogP contribution in [0.15, 0.2) is 12.1 Å². The third kappa shape index (κ3) is 4.22. The summed E-state index contributed by atoms with van der Waals surface area (Å²) < 4.78 is 27.6. The monoisotopic (exact) mass is 404 g/mol. The van der Waals surface area contributed by atoms with Gasteiger partial charge in [0.05, 0.1) is 6.10 Å². The normalized spacial score (nSPS) is 22.3. The lowest BCUT2D eigenvalue weighted by Gasteiger charge is -2.14. The standard InChI is InChI=1S/C12H15F2IN2O.ClH/c13-9-1-2-10(15)12(14)8(9)5-16-3-7-4-17-6-11(7)18;/h1-2,7,11,16-18H,3-6H2;1H. The minimum absolute atomic E-state index is 0. The Balaban J connectivity index is 0.00000180. The molecule has 2 atom stereocenters. The lowest BCUT2D eigenvalue weighted by atomic mass is 10.1. The highest BCUT2D eigenvalue weighted by molar-refractivity contribution is 14.1. The Bertz CT molecular complexity index is 436. The van der Waals surface area contributed by atoms with Crippen LogP contribution < -0.4 is 10.6 Å². The third-order valence-electron chi connectivity index (χ3n) is 3.15. The summed E-state index contributed by atoms with van der Waals surface area (Å²) in [5, 5.41) is 15.7. The van der Waals surface area contributed by atoms with Crippen molar-refractivity contribution in [1.29, 1.82) is 0 Å². The Morgan fingerprint density at radius 2 is 2.11 bits per heavy atom. The molecule has 0 saturated carbocycles. The SMILES string of the molecule is Cl.OC1CNCC1CNCc1c(F)ccc(I)c1F. The van der Waals surface area contributed by atoms with E-state index in [9.17, 15) is 13.9 Å². The highest BCUT2D eigenvalue weighted by Crippen LogP contribution is 2.18. The Morgan fingerprint density at radius 3 is 2.74 bits per heavy atom. The molecule has 1 fully saturated rings. The quantitative estimate of drug-likeness (QED) is 0.528. The van der Waals surface area contributed by atoms with E-state index in [4.69, 9.17) is 0 Å². The van der Waals surface area contributed by atoms with Crippen molar-refractivity contribution < 1.29 is 13.9 Å². The minimum Gasteiger partial charge on any atom is -0.391 e. The van der Waals surface area contributed by atoms with E-state index >= 15 is 0 Å². The number of aliphatic hydroxyl groups is 1. The van der Waals surface area contributed by atoms with Gasteiger partial charge in [-0.2, -0.15) is 0 Å². The second-order valence-corrected chi connectivity index (χ2v) is 5.60. The molecule has 2 rings (SSSR count). The minimum atomic E-state index is -0.537. The maximum absolute atomic E-state index is 13.7. The van der Waals surface area contributed by atoms with Crippen LogP contribution in [0, 0.1) is 21.1 Å². The van der Waals surface area contributed by atoms with Crippen LogP contribution in [0.2, 0.25) is 0 Å². The van der Waals surface area contributed by atoms with Crippen molar-refractivity contribution in [3.05, 3.63) is 32.9 Å². The number of hydrogen-bond donors (Lipinski definition) is 3. The van der Waals surface area contributed by atoms with E-state index in [-0.39, 0.29) is 36.5 Å². The van der Waals surface area contributed by atoms with Crippen LogP contribution in [-0.2, 0) is 6.54 Å². The highest BCUT2D eigenvalue weighted by atomic mass is 127. The number of hydrogen-bond acceptors (Lipinski definition) is 3. The first-order chi connectivity index (χ1) is 8.59. The summed E-state index contributed by atoms with van der Waals surface area (Å²) in [7, 11) is 0. The predicted octanol–water partition coefficient (Wildman–Crippen LogP) is 1.66. The van der Waals surface area contributed by atoms with Gasteiger partial charge in [-0.25, -0.2) is 8.78 Å². The van der Waals surface area contributed by atoms with Gasteiger partial charge in [-0.15, -0.1) is 12.4 Å². The maximum Gasteiger partial charge on any atom is 0.143 e. The van der Waals surface area contributed by atoms with Gasteiger partial charge in [-0.3, -0.25) is 0 Å². The van der Waals surface area contributed by atoms with Gasteiger partial charge in [0, 0.05) is 41.2 Å². The van der Waals surface area contributed by atoms with E-state index in [1.807, 2.05) is 22.6 Å². The van der Waals surface area contributed by atoms with Gasteiger partial charge in [-0.1, -0.05) is 0 Å². The topological polar surface area (TPSA) is 44.3 Å². The number of β-amino-alcohol motifs (C(OH)–C–C–N with tert-alkyl or cyclic N) is 1. The summed E-state index contributed by atoms with van der Waals surface area (Å²) in [5.74, 6) is -0.947. The van der Waals surface area contributed by atoms with Crippen LogP contribution in [-0.4, -0.2) is 30.8 Å². The fourth-order valence-corrected chi connectivity index (χ4v) is 2.55. The number of benzene rings is 1. The first-order valence-corrected chi connectivity index (χ1v) is 6.89. The van der Waals surface area contributed by atoms with E-state index in [1.54, 1.807) is 0 Å². The Hall–Kier alpha value is -0.0200. The zero-order valence-corrected chi connectivity index (χ0v) is 13.1. The Labute approximate surface area is 130 Å². The Kier molecular flexibility index (Phi) is 6.89. The summed E-state index contributed by atoms with van der Waals surface area (Å²) >= 11 is 1.84. The van der Waals surface area contributed by atoms with Crippen LogP contribution >= 0.6 is 35.0 Å². The van der Waals surface area contributed by atoms with Crippen molar-refractivity contribution >= 4 is 35.0 Å². The van der Waals surface area contributed by atoms with Gasteiger partial charge >= 0.3 is 0 Å². The second kappa shape index (κ2) is 7.68. The van der Waals surface area contributed by atoms with E-state index in [2.05, 4.69) is 10.6 Å². The van der Waals surface area contributed by atoms with Crippen LogP contribution in [0.3, 0.4) is 0 Å². The number of nitrogens with one attached hydrogen (secondary N) is 2. The third-order valence-corrected chi connectivity index (χ3v) is 3.98. The van der Waals surface area contributed by atoms with Crippen molar-refractivity contribution in [2.45, 2.75) is 12.6 Å². The number of halogens is 4. The average Bonchev–Trinajstić information content (AvgIpc) is 2.74. The van der Waals surface area contributed by atoms with E-state index in [0.29, 0.717) is 16.7 Å². The van der Waals surface area contributed by atoms with E-state index in [0.717, 1.165) is 6.54 Å². The fraction of sp³-hybridized carbons (Fsp3) is 0.500. The smallest absolute Gasteiger partial charge is 0.143 e. The molecule has 1 aliphatic rings. The molecule has 0 bridgehead atoms. The first-order valence-electron chi connectivity index (χ1n) is 5.81. The van der Waals surface area contributed by atoms with Gasteiger partial charge < -0.3 is 15.7 Å². The Morgan fingerprint density at radius 1 is 1.37 bits per heavy atom. The molecule has 3 nitrogen and oxygen atoms in total. The summed E-state index contributed by atoms with van der Waals surface area (Å²) in [6.07, 6.45) is -0.386. The van der Waals surface area contributed by atoms with Gasteiger partial charge in [-0.05, 0) is 34.7 Å². The summed E-state index contributed by atoms with van der Waals surface area (Å²) in [4.78, 5) is 0. The molecule has 0 amide bonds. The average molecular weight is 405 g/mol. The molecule has 0 radical (unpaired) electrons. The van der Waals surface area contributed by atoms with Crippen molar-refractivity contribution in [3.63, 3.8) is 0 Å². The molecule has 1 saturated heterocycles. The number of aliphatic hydroxyl groups excluding tert-OH is 1. The van der Waals surface area contributed by atoms with Crippen LogP contribution in [0.25, 0.3) is 0 Å². The zero-order chi connectivity index (χ0) is 13.1. The van der Waals surface area contributed by atoms with Crippen LogP contribution in [0.5, 0.6) is 0 Å². The van der Waals surface area contributed by atoms with Crippen molar-refractivity contribution in [3.8, 4) is 0 Å². The maximum atomic E-state index is 13.7. The summed E-state index contributed by atoms with van der Waals surface area (Å²) in [6.45, 7) is 1.99. The van der Waals surface area contributed by atoms with Gasteiger partial charge in [0.15, 0.2) is 0 Å². The number of rotatable bonds is 4. The molecule has 1 aromatic rings. The molecule has 0 aliphatic carbocycles. The van der Waals surface area contributed by atoms with E-state index in [1.165, 1.54) is 12.1 Å². The van der Waals surface area contributed by atoms with Crippen LogP contribution in [0.4, 0.5) is 8.78 Å². The lowest BCUT2D eigenvalue weighted by Crippen LogP contribution is -2.30. The van der Waals surface area contributed by atoms with Crippen molar-refractivity contribution in [1.82, 2.24) is 10.6 Å². The molecule has 1 aliphatic heterocycles. The molecule has 0 spiro atoms.